The Labute approximate surface area is 180 Å². The molecule has 0 amide bonds. The summed E-state index contributed by atoms with van der Waals surface area (Å²) in [6.45, 7) is 5.16. The van der Waals surface area contributed by atoms with Gasteiger partial charge in [-0.3, -0.25) is 19.1 Å². The summed E-state index contributed by atoms with van der Waals surface area (Å²) in [6, 6.07) is 8.36. The molecule has 2 heterocycles. The summed E-state index contributed by atoms with van der Waals surface area (Å²) in [5, 5.41) is 0.339. The molecule has 31 heavy (non-hydrogen) atoms. The fraction of sp³-hybridized carbons (Fsp3) is 0.417. The van der Waals surface area contributed by atoms with Gasteiger partial charge in [0.1, 0.15) is 5.65 Å². The summed E-state index contributed by atoms with van der Waals surface area (Å²) in [7, 11) is 1.60. The van der Waals surface area contributed by atoms with E-state index in [-0.39, 0.29) is 11.7 Å². The van der Waals surface area contributed by atoms with Gasteiger partial charge in [-0.25, -0.2) is 9.78 Å². The lowest BCUT2D eigenvalue weighted by molar-refractivity contribution is 0.0964. The zero-order valence-electron chi connectivity index (χ0n) is 18.1. The molecule has 7 nitrogen and oxygen atoms in total. The van der Waals surface area contributed by atoms with Crippen LogP contribution in [-0.4, -0.2) is 34.0 Å². The minimum atomic E-state index is -0.496. The summed E-state index contributed by atoms with van der Waals surface area (Å²) < 4.78 is 6.54. The number of fused-ring (bicyclic) bond motifs is 3. The van der Waals surface area contributed by atoms with Gasteiger partial charge in [0, 0.05) is 38.4 Å². The van der Waals surface area contributed by atoms with Crippen LogP contribution in [0, 0.1) is 0 Å². The van der Waals surface area contributed by atoms with E-state index >= 15 is 0 Å². The second-order valence-electron chi connectivity index (χ2n) is 8.46. The fourth-order valence-corrected chi connectivity index (χ4v) is 4.37. The number of hydrogen-bond donors (Lipinski definition) is 1. The van der Waals surface area contributed by atoms with Gasteiger partial charge in [0.2, 0.25) is 0 Å². The van der Waals surface area contributed by atoms with E-state index in [9.17, 15) is 14.4 Å². The predicted octanol–water partition coefficient (Wildman–Crippen LogP) is 3.16. The molecular weight excluding hydrogens is 394 g/mol. The molecule has 1 aliphatic carbocycles. The Morgan fingerprint density at radius 1 is 1.16 bits per heavy atom. The number of Topliss-reactive ketones (excluding diaryl/α,β-unsaturated/α-hetero) is 1. The van der Waals surface area contributed by atoms with Crippen LogP contribution >= 0.6 is 0 Å². The van der Waals surface area contributed by atoms with Crippen LogP contribution in [0.2, 0.25) is 0 Å². The van der Waals surface area contributed by atoms with Crippen molar-refractivity contribution in [3.05, 3.63) is 73.6 Å². The number of hydrogen-bond acceptors (Lipinski definition) is 5. The highest BCUT2D eigenvalue weighted by Gasteiger charge is 2.30. The van der Waals surface area contributed by atoms with Crippen molar-refractivity contribution in [3.63, 3.8) is 0 Å². The molecule has 1 atom stereocenters. The molecule has 0 saturated carbocycles. The van der Waals surface area contributed by atoms with E-state index in [1.54, 1.807) is 7.11 Å². The number of nitrogens with zero attached hydrogens (tertiary/aromatic N) is 2. The Morgan fingerprint density at radius 2 is 1.90 bits per heavy atom. The van der Waals surface area contributed by atoms with Crippen molar-refractivity contribution in [3.8, 4) is 0 Å². The number of carbonyl (C=O) groups excluding carboxylic acids is 1. The molecule has 4 rings (SSSR count). The van der Waals surface area contributed by atoms with E-state index < -0.39 is 11.2 Å². The monoisotopic (exact) mass is 421 g/mol. The molecule has 162 valence electrons. The molecule has 2 aromatic heterocycles. The number of aryl methyl sites for hydroxylation is 1. The number of benzene rings is 1. The molecule has 0 aliphatic heterocycles. The second-order valence-corrected chi connectivity index (χ2v) is 8.46. The van der Waals surface area contributed by atoms with Crippen molar-refractivity contribution < 1.29 is 9.53 Å². The number of pyridine rings is 1. The van der Waals surface area contributed by atoms with Gasteiger partial charge in [0.05, 0.1) is 5.39 Å². The number of nitrogens with one attached hydrogen (secondary N) is 1. The number of rotatable bonds is 6. The zero-order chi connectivity index (χ0) is 22.1. The molecule has 0 radical (unpaired) electrons. The number of ketones is 1. The molecule has 0 saturated heterocycles. The predicted molar refractivity (Wildman–Crippen MR) is 119 cm³/mol. The SMILES string of the molecule is COCCCn1c(=O)[nH]c(=O)c2c3c(cnc21)C(=O)C[C@H](c1ccc(C(C)C)cc1)C3. The highest BCUT2D eigenvalue weighted by molar-refractivity contribution is 6.02. The number of aromatic nitrogens is 3. The fourth-order valence-electron chi connectivity index (χ4n) is 4.37. The van der Waals surface area contributed by atoms with Crippen molar-refractivity contribution in [1.82, 2.24) is 14.5 Å². The summed E-state index contributed by atoms with van der Waals surface area (Å²) >= 11 is 0. The molecule has 7 heteroatoms. The van der Waals surface area contributed by atoms with Gasteiger partial charge in [-0.1, -0.05) is 38.1 Å². The maximum absolute atomic E-state index is 12.9. The third-order valence-corrected chi connectivity index (χ3v) is 6.10. The molecular formula is C24H27N3O4. The van der Waals surface area contributed by atoms with Gasteiger partial charge in [0.15, 0.2) is 5.78 Å². The highest BCUT2D eigenvalue weighted by Crippen LogP contribution is 2.35. The maximum atomic E-state index is 12.9. The lowest BCUT2D eigenvalue weighted by atomic mass is 9.79. The van der Waals surface area contributed by atoms with Gasteiger partial charge >= 0.3 is 5.69 Å². The van der Waals surface area contributed by atoms with Gasteiger partial charge < -0.3 is 4.74 Å². The average molecular weight is 421 g/mol. The Hall–Kier alpha value is -3.06. The van der Waals surface area contributed by atoms with Crippen molar-refractivity contribution in [1.29, 1.82) is 0 Å². The van der Waals surface area contributed by atoms with Crippen LogP contribution in [0.3, 0.4) is 0 Å². The second kappa shape index (κ2) is 8.59. The van der Waals surface area contributed by atoms with Crippen molar-refractivity contribution in [2.75, 3.05) is 13.7 Å². The normalized spacial score (nSPS) is 16.1. The summed E-state index contributed by atoms with van der Waals surface area (Å²) in [4.78, 5) is 44.9. The average Bonchev–Trinajstić information content (AvgIpc) is 2.75. The molecule has 1 aliphatic rings. The number of aromatic amines is 1. The largest absolute Gasteiger partial charge is 0.385 e. The molecule has 1 N–H and O–H groups in total. The Kier molecular flexibility index (Phi) is 5.87. The summed E-state index contributed by atoms with van der Waals surface area (Å²) in [5.41, 5.74) is 2.83. The third-order valence-electron chi connectivity index (χ3n) is 6.10. The van der Waals surface area contributed by atoms with E-state index in [2.05, 4.69) is 48.1 Å². The summed E-state index contributed by atoms with van der Waals surface area (Å²) in [6.07, 6.45) is 3.07. The van der Waals surface area contributed by atoms with Crippen LogP contribution in [0.1, 0.15) is 65.6 Å². The highest BCUT2D eigenvalue weighted by atomic mass is 16.5. The standard InChI is InChI=1S/C24H27N3O4/c1-14(2)15-5-7-16(8-6-15)17-11-18-19(20(28)12-17)13-25-22-21(18)23(29)26-24(30)27(22)9-4-10-31-3/h5-8,13-14,17H,4,9-12H2,1-3H3,(H,26,29,30)/t17-/m1/s1. The van der Waals surface area contributed by atoms with Crippen molar-refractivity contribution in [2.24, 2.45) is 0 Å². The zero-order valence-corrected chi connectivity index (χ0v) is 18.1. The van der Waals surface area contributed by atoms with E-state index in [1.807, 2.05) is 0 Å². The van der Waals surface area contributed by atoms with E-state index in [1.165, 1.54) is 16.3 Å². The van der Waals surface area contributed by atoms with Crippen LogP contribution in [0.15, 0.2) is 40.1 Å². The third kappa shape index (κ3) is 3.97. The van der Waals surface area contributed by atoms with Crippen LogP contribution in [0.4, 0.5) is 0 Å². The Bertz CT molecular complexity index is 1240. The minimum Gasteiger partial charge on any atom is -0.385 e. The minimum absolute atomic E-state index is 0.0138. The van der Waals surface area contributed by atoms with Gasteiger partial charge in [0.25, 0.3) is 5.56 Å². The van der Waals surface area contributed by atoms with Gasteiger partial charge in [-0.05, 0) is 41.4 Å². The van der Waals surface area contributed by atoms with Crippen LogP contribution in [0.25, 0.3) is 11.0 Å². The Morgan fingerprint density at radius 3 is 2.58 bits per heavy atom. The lowest BCUT2D eigenvalue weighted by Crippen LogP contribution is -2.33. The molecule has 0 fully saturated rings. The van der Waals surface area contributed by atoms with E-state index in [4.69, 9.17) is 4.74 Å². The molecule has 0 unspecified atom stereocenters. The smallest absolute Gasteiger partial charge is 0.329 e. The van der Waals surface area contributed by atoms with Gasteiger partial charge in [-0.15, -0.1) is 0 Å². The van der Waals surface area contributed by atoms with Crippen LogP contribution in [-0.2, 0) is 17.7 Å². The molecule has 0 bridgehead atoms. The Balaban J connectivity index is 1.80. The maximum Gasteiger partial charge on any atom is 0.329 e. The number of carbonyl (C=O) groups is 1. The molecule has 3 aromatic rings. The molecule has 1 aromatic carbocycles. The van der Waals surface area contributed by atoms with Crippen molar-refractivity contribution >= 4 is 16.8 Å². The van der Waals surface area contributed by atoms with Crippen LogP contribution in [0.5, 0.6) is 0 Å². The first kappa shape index (κ1) is 21.2. The molecule has 0 spiro atoms. The van der Waals surface area contributed by atoms with Crippen molar-refractivity contribution in [2.45, 2.75) is 51.5 Å². The van der Waals surface area contributed by atoms with Crippen LogP contribution < -0.4 is 11.2 Å². The van der Waals surface area contributed by atoms with E-state index in [0.29, 0.717) is 60.5 Å². The first-order valence-corrected chi connectivity index (χ1v) is 10.7. The first-order chi connectivity index (χ1) is 14.9. The first-order valence-electron chi connectivity index (χ1n) is 10.7. The summed E-state index contributed by atoms with van der Waals surface area (Å²) in [5.74, 6) is 0.399. The lowest BCUT2D eigenvalue weighted by Gasteiger charge is -2.25. The number of ether oxygens (including phenoxy) is 1. The number of methoxy groups -OCH3 is 1. The quantitative estimate of drug-likeness (QED) is 0.617. The van der Waals surface area contributed by atoms with E-state index in [0.717, 1.165) is 5.56 Å². The van der Waals surface area contributed by atoms with Gasteiger partial charge in [-0.2, -0.15) is 0 Å². The number of H-pyrrole nitrogens is 1. The topological polar surface area (TPSA) is 94.1 Å².